The molecule has 0 N–H and O–H groups in total. The SMILES string of the molecule is [CH3][Bi]([CH3])[CH]1C=CC=C1. The fourth-order valence-corrected chi connectivity index (χ4v) is 4.21. The van der Waals surface area contributed by atoms with E-state index in [1.54, 1.807) is 0 Å². The molecule has 0 saturated carbocycles. The van der Waals surface area contributed by atoms with Crippen LogP contribution in [0.5, 0.6) is 0 Å². The van der Waals surface area contributed by atoms with Crippen LogP contribution in [0.2, 0.25) is 12.9 Å². The summed E-state index contributed by atoms with van der Waals surface area (Å²) >= 11 is -0.940. The summed E-state index contributed by atoms with van der Waals surface area (Å²) in [6.45, 7) is 0. The molecule has 0 heterocycles. The van der Waals surface area contributed by atoms with Gasteiger partial charge in [-0.05, 0) is 0 Å². The molecule has 1 rings (SSSR count). The second-order valence-electron chi connectivity index (χ2n) is 2.22. The normalized spacial score (nSPS) is 18.9. The Hall–Kier alpha value is 0.363. The van der Waals surface area contributed by atoms with E-state index >= 15 is 0 Å². The van der Waals surface area contributed by atoms with E-state index in [1.165, 1.54) is 0 Å². The first-order valence-corrected chi connectivity index (χ1v) is 11.8. The average Bonchev–Trinajstić information content (AvgIpc) is 2.12. The van der Waals surface area contributed by atoms with Gasteiger partial charge in [-0.2, -0.15) is 0 Å². The van der Waals surface area contributed by atoms with E-state index in [9.17, 15) is 0 Å². The van der Waals surface area contributed by atoms with Gasteiger partial charge in [-0.3, -0.25) is 0 Å². The average molecular weight is 304 g/mol. The Bertz CT molecular complexity index is 110. The van der Waals surface area contributed by atoms with Crippen LogP contribution in [0.15, 0.2) is 24.3 Å². The van der Waals surface area contributed by atoms with E-state index in [0.717, 1.165) is 3.63 Å². The zero-order valence-corrected chi connectivity index (χ0v) is 8.81. The molecule has 0 aromatic heterocycles. The number of hydrogen-bond acceptors (Lipinski definition) is 0. The minimum atomic E-state index is -0.940. The van der Waals surface area contributed by atoms with Gasteiger partial charge in [-0.1, -0.05) is 0 Å². The van der Waals surface area contributed by atoms with Crippen LogP contribution in [0.3, 0.4) is 0 Å². The van der Waals surface area contributed by atoms with Crippen LogP contribution in [-0.4, -0.2) is 21.8 Å². The van der Waals surface area contributed by atoms with Gasteiger partial charge in [0.25, 0.3) is 0 Å². The number of allylic oxidation sites excluding steroid dienone is 4. The molecule has 0 fully saturated rings. The molecule has 1 heteroatoms. The molecule has 0 unspecified atom stereocenters. The Morgan fingerprint density at radius 1 is 1.12 bits per heavy atom. The molecule has 1 aliphatic rings. The predicted molar refractivity (Wildman–Crippen MR) is 39.5 cm³/mol. The van der Waals surface area contributed by atoms with E-state index in [2.05, 4.69) is 33.6 Å². The Labute approximate surface area is 59.0 Å². The molecule has 0 amide bonds. The van der Waals surface area contributed by atoms with E-state index in [-0.39, 0.29) is 0 Å². The molecular weight excluding hydrogens is 293 g/mol. The molecule has 0 aromatic rings. The van der Waals surface area contributed by atoms with Crippen molar-refractivity contribution in [2.45, 2.75) is 12.9 Å². The molecule has 0 saturated heterocycles. The second-order valence-corrected chi connectivity index (χ2v) is 12.0. The summed E-state index contributed by atoms with van der Waals surface area (Å²) < 4.78 is 5.80. The van der Waals surface area contributed by atoms with Crippen LogP contribution >= 0.6 is 0 Å². The predicted octanol–water partition coefficient (Wildman–Crippen LogP) is 2.24. The first-order chi connectivity index (χ1) is 3.80. The van der Waals surface area contributed by atoms with Gasteiger partial charge in [-0.25, -0.2) is 0 Å². The van der Waals surface area contributed by atoms with Crippen LogP contribution in [0.4, 0.5) is 0 Å². The molecule has 0 bridgehead atoms. The molecule has 8 heavy (non-hydrogen) atoms. The minimum absolute atomic E-state index is 0.907. The Kier molecular flexibility index (Phi) is 2.25. The van der Waals surface area contributed by atoms with Crippen molar-refractivity contribution in [3.63, 3.8) is 0 Å². The summed E-state index contributed by atoms with van der Waals surface area (Å²) in [6, 6.07) is 0. The maximum atomic E-state index is 2.44. The third kappa shape index (κ3) is 1.42. The standard InChI is InChI=1S/C5H5.2CH3.Bi/c1-2-4-5-3-1;;;/h1-5H;2*1H3;. The monoisotopic (exact) mass is 304 g/mol. The summed E-state index contributed by atoms with van der Waals surface area (Å²) in [5.41, 5.74) is 0. The van der Waals surface area contributed by atoms with Gasteiger partial charge in [-0.15, -0.1) is 0 Å². The first-order valence-electron chi connectivity index (χ1n) is 2.82. The van der Waals surface area contributed by atoms with Crippen molar-refractivity contribution in [2.75, 3.05) is 0 Å². The molecule has 44 valence electrons. The molecule has 0 spiro atoms. The zero-order chi connectivity index (χ0) is 5.98. The van der Waals surface area contributed by atoms with Gasteiger partial charge in [0.05, 0.1) is 0 Å². The fourth-order valence-electron chi connectivity index (χ4n) is 0.764. The van der Waals surface area contributed by atoms with Crippen LogP contribution in [0, 0.1) is 0 Å². The van der Waals surface area contributed by atoms with Gasteiger partial charge in [0, 0.05) is 0 Å². The molecule has 0 radical (unpaired) electrons. The quantitative estimate of drug-likeness (QED) is 0.652. The summed E-state index contributed by atoms with van der Waals surface area (Å²) in [6.07, 6.45) is 9.00. The van der Waals surface area contributed by atoms with Gasteiger partial charge in [0.1, 0.15) is 0 Å². The number of rotatable bonds is 1. The summed E-state index contributed by atoms with van der Waals surface area (Å²) in [5, 5.41) is 0. The molecular formula is C7H11Bi. The third-order valence-corrected chi connectivity index (χ3v) is 7.30. The molecule has 0 nitrogen and oxygen atoms in total. The van der Waals surface area contributed by atoms with Gasteiger partial charge >= 0.3 is 58.9 Å². The van der Waals surface area contributed by atoms with Crippen LogP contribution in [0.1, 0.15) is 0 Å². The Morgan fingerprint density at radius 2 is 1.62 bits per heavy atom. The van der Waals surface area contributed by atoms with Crippen molar-refractivity contribution in [2.24, 2.45) is 0 Å². The van der Waals surface area contributed by atoms with Gasteiger partial charge < -0.3 is 0 Å². The first kappa shape index (κ1) is 6.48. The van der Waals surface area contributed by atoms with Crippen molar-refractivity contribution in [3.05, 3.63) is 24.3 Å². The summed E-state index contributed by atoms with van der Waals surface area (Å²) in [5.74, 6) is 0. The molecule has 0 atom stereocenters. The molecule has 0 aliphatic heterocycles. The van der Waals surface area contributed by atoms with Gasteiger partial charge in [0.2, 0.25) is 0 Å². The van der Waals surface area contributed by atoms with E-state index in [0.29, 0.717) is 0 Å². The zero-order valence-electron chi connectivity index (χ0n) is 5.33. The van der Waals surface area contributed by atoms with Crippen LogP contribution < -0.4 is 0 Å². The van der Waals surface area contributed by atoms with Crippen LogP contribution in [0.25, 0.3) is 0 Å². The Morgan fingerprint density at radius 3 is 1.88 bits per heavy atom. The fraction of sp³-hybridized carbons (Fsp3) is 0.429. The van der Waals surface area contributed by atoms with Crippen molar-refractivity contribution in [3.8, 4) is 0 Å². The molecule has 1 aliphatic carbocycles. The number of hydrogen-bond donors (Lipinski definition) is 0. The van der Waals surface area contributed by atoms with Crippen molar-refractivity contribution < 1.29 is 0 Å². The van der Waals surface area contributed by atoms with E-state index < -0.39 is 21.8 Å². The third-order valence-electron chi connectivity index (χ3n) is 1.32. The van der Waals surface area contributed by atoms with Crippen molar-refractivity contribution >= 4 is 21.8 Å². The summed E-state index contributed by atoms with van der Waals surface area (Å²) in [7, 11) is 0. The van der Waals surface area contributed by atoms with Crippen molar-refractivity contribution in [1.82, 2.24) is 0 Å². The topological polar surface area (TPSA) is 0 Å². The van der Waals surface area contributed by atoms with E-state index in [4.69, 9.17) is 0 Å². The maximum absolute atomic E-state index is 2.44. The Balaban J connectivity index is 2.49. The van der Waals surface area contributed by atoms with Gasteiger partial charge in [0.15, 0.2) is 0 Å². The second kappa shape index (κ2) is 2.78. The van der Waals surface area contributed by atoms with Crippen LogP contribution in [-0.2, 0) is 0 Å². The van der Waals surface area contributed by atoms with E-state index in [1.807, 2.05) is 0 Å². The summed E-state index contributed by atoms with van der Waals surface area (Å²) in [4.78, 5) is 0. The van der Waals surface area contributed by atoms with Crippen molar-refractivity contribution in [1.29, 1.82) is 0 Å². The molecule has 0 aromatic carbocycles.